The second-order valence-corrected chi connectivity index (χ2v) is 7.51. The molecule has 0 bridgehead atoms. The molecule has 146 valence electrons. The Morgan fingerprint density at radius 2 is 2.15 bits per heavy atom. The van der Waals surface area contributed by atoms with Crippen molar-refractivity contribution in [2.45, 2.75) is 45.8 Å². The molecule has 1 aliphatic rings. The first-order valence-electron chi connectivity index (χ1n) is 8.93. The molecule has 0 spiro atoms. The van der Waals surface area contributed by atoms with E-state index in [1.165, 1.54) is 0 Å². The number of likely N-dealkylation sites (tertiary alicyclic amines) is 1. The largest absolute Gasteiger partial charge is 0.444 e. The van der Waals surface area contributed by atoms with Crippen LogP contribution in [0.2, 0.25) is 0 Å². The van der Waals surface area contributed by atoms with E-state index in [-0.39, 0.29) is 23.6 Å². The van der Waals surface area contributed by atoms with E-state index in [2.05, 4.69) is 15.6 Å². The van der Waals surface area contributed by atoms with Gasteiger partial charge in [0, 0.05) is 33.3 Å². The molecule has 9 nitrogen and oxygen atoms in total. The molecular formula is C17H29N5O4. The predicted octanol–water partition coefficient (Wildman–Crippen LogP) is 1.30. The van der Waals surface area contributed by atoms with Crippen molar-refractivity contribution in [1.29, 1.82) is 0 Å². The zero-order valence-corrected chi connectivity index (χ0v) is 16.0. The van der Waals surface area contributed by atoms with E-state index in [4.69, 9.17) is 9.47 Å². The average molecular weight is 367 g/mol. The first kappa shape index (κ1) is 20.2. The molecule has 0 aliphatic carbocycles. The van der Waals surface area contributed by atoms with Gasteiger partial charge in [-0.3, -0.25) is 9.48 Å². The van der Waals surface area contributed by atoms with Crippen LogP contribution in [0, 0.1) is 5.92 Å². The molecule has 1 N–H and O–H groups in total. The zero-order valence-electron chi connectivity index (χ0n) is 16.0. The van der Waals surface area contributed by atoms with Crippen LogP contribution in [0.15, 0.2) is 6.20 Å². The number of hydrogen-bond donors (Lipinski definition) is 1. The lowest BCUT2D eigenvalue weighted by molar-refractivity contribution is 0.0155. The molecule has 2 rings (SSSR count). The topological polar surface area (TPSA) is 98.6 Å². The number of carbonyl (C=O) groups excluding carboxylic acids is 2. The molecule has 2 amide bonds. The minimum atomic E-state index is -0.499. The van der Waals surface area contributed by atoms with Crippen molar-refractivity contribution in [2.24, 2.45) is 5.92 Å². The predicted molar refractivity (Wildman–Crippen MR) is 94.8 cm³/mol. The van der Waals surface area contributed by atoms with Crippen molar-refractivity contribution in [2.75, 3.05) is 33.4 Å². The lowest BCUT2D eigenvalue weighted by Crippen LogP contribution is -2.43. The van der Waals surface area contributed by atoms with Gasteiger partial charge in [-0.2, -0.15) is 0 Å². The monoisotopic (exact) mass is 367 g/mol. The number of nitrogens with one attached hydrogen (secondary N) is 1. The normalized spacial score (nSPS) is 17.8. The third-order valence-electron chi connectivity index (χ3n) is 3.98. The molecule has 1 atom stereocenters. The molecule has 1 saturated heterocycles. The van der Waals surface area contributed by atoms with Crippen LogP contribution < -0.4 is 5.32 Å². The van der Waals surface area contributed by atoms with Crippen LogP contribution in [0.1, 0.15) is 44.1 Å². The van der Waals surface area contributed by atoms with E-state index in [0.717, 1.165) is 12.8 Å². The van der Waals surface area contributed by atoms with Gasteiger partial charge in [0.05, 0.1) is 12.8 Å². The summed E-state index contributed by atoms with van der Waals surface area (Å²) in [6, 6.07) is 0. The van der Waals surface area contributed by atoms with Gasteiger partial charge < -0.3 is 19.7 Å². The van der Waals surface area contributed by atoms with Crippen LogP contribution in [-0.2, 0) is 16.0 Å². The minimum absolute atomic E-state index is 0.252. The highest BCUT2D eigenvalue weighted by Gasteiger charge is 2.28. The lowest BCUT2D eigenvalue weighted by Gasteiger charge is -2.34. The Kier molecular flexibility index (Phi) is 6.96. The van der Waals surface area contributed by atoms with Gasteiger partial charge in [0.25, 0.3) is 5.91 Å². The molecule has 1 fully saturated rings. The highest BCUT2D eigenvalue weighted by atomic mass is 16.6. The van der Waals surface area contributed by atoms with Gasteiger partial charge in [0.1, 0.15) is 5.60 Å². The fourth-order valence-corrected chi connectivity index (χ4v) is 2.82. The third kappa shape index (κ3) is 6.29. The Balaban J connectivity index is 1.86. The summed E-state index contributed by atoms with van der Waals surface area (Å²) in [6.45, 7) is 8.39. The van der Waals surface area contributed by atoms with Crippen molar-refractivity contribution in [3.05, 3.63) is 11.9 Å². The number of carbonyl (C=O) groups is 2. The van der Waals surface area contributed by atoms with Crippen molar-refractivity contribution in [1.82, 2.24) is 25.2 Å². The number of aromatic nitrogens is 3. The van der Waals surface area contributed by atoms with Crippen LogP contribution in [0.4, 0.5) is 4.79 Å². The quantitative estimate of drug-likeness (QED) is 0.761. The Morgan fingerprint density at radius 1 is 1.38 bits per heavy atom. The second-order valence-electron chi connectivity index (χ2n) is 7.51. The molecule has 2 heterocycles. The van der Waals surface area contributed by atoms with Crippen LogP contribution in [0.3, 0.4) is 0 Å². The van der Waals surface area contributed by atoms with E-state index in [0.29, 0.717) is 32.8 Å². The number of ether oxygens (including phenoxy) is 2. The molecular weight excluding hydrogens is 338 g/mol. The number of nitrogens with zero attached hydrogens (tertiary/aromatic N) is 4. The van der Waals surface area contributed by atoms with Crippen LogP contribution in [0.5, 0.6) is 0 Å². The van der Waals surface area contributed by atoms with Gasteiger partial charge in [0.2, 0.25) is 0 Å². The summed E-state index contributed by atoms with van der Waals surface area (Å²) in [7, 11) is 1.58. The maximum atomic E-state index is 12.2. The summed E-state index contributed by atoms with van der Waals surface area (Å²) in [5.41, 5.74) is -0.220. The van der Waals surface area contributed by atoms with E-state index in [1.54, 1.807) is 22.9 Å². The van der Waals surface area contributed by atoms with Gasteiger partial charge in [0.15, 0.2) is 5.69 Å². The lowest BCUT2D eigenvalue weighted by atomic mass is 9.98. The van der Waals surface area contributed by atoms with Gasteiger partial charge in [-0.1, -0.05) is 5.21 Å². The van der Waals surface area contributed by atoms with Gasteiger partial charge in [-0.25, -0.2) is 4.79 Å². The van der Waals surface area contributed by atoms with Crippen molar-refractivity contribution < 1.29 is 19.1 Å². The Bertz CT molecular complexity index is 611. The average Bonchev–Trinajstić information content (AvgIpc) is 3.02. The Morgan fingerprint density at radius 3 is 2.85 bits per heavy atom. The molecule has 0 unspecified atom stereocenters. The summed E-state index contributed by atoms with van der Waals surface area (Å²) in [4.78, 5) is 25.9. The van der Waals surface area contributed by atoms with Crippen LogP contribution in [0.25, 0.3) is 0 Å². The standard InChI is InChI=1S/C17H29N5O4/c1-17(2,3)26-16(24)21-8-5-6-13(10-21)11-22-12-14(19-20-22)15(23)18-7-9-25-4/h12-13H,5-11H2,1-4H3,(H,18,23)/t13-/m0/s1. The maximum Gasteiger partial charge on any atom is 0.410 e. The summed E-state index contributed by atoms with van der Waals surface area (Å²) < 4.78 is 12.0. The first-order valence-corrected chi connectivity index (χ1v) is 8.93. The number of methoxy groups -OCH3 is 1. The molecule has 0 saturated carbocycles. The van der Waals surface area contributed by atoms with Crippen molar-refractivity contribution in [3.8, 4) is 0 Å². The van der Waals surface area contributed by atoms with Crippen LogP contribution >= 0.6 is 0 Å². The van der Waals surface area contributed by atoms with E-state index < -0.39 is 5.60 Å². The molecule has 1 aromatic heterocycles. The Labute approximate surface area is 154 Å². The first-order chi connectivity index (χ1) is 12.3. The van der Waals surface area contributed by atoms with E-state index in [9.17, 15) is 9.59 Å². The maximum absolute atomic E-state index is 12.2. The molecule has 0 radical (unpaired) electrons. The fraction of sp³-hybridized carbons (Fsp3) is 0.765. The molecule has 1 aliphatic heterocycles. The van der Waals surface area contributed by atoms with Gasteiger partial charge in [-0.05, 0) is 39.5 Å². The molecule has 0 aromatic carbocycles. The minimum Gasteiger partial charge on any atom is -0.444 e. The third-order valence-corrected chi connectivity index (χ3v) is 3.98. The van der Waals surface area contributed by atoms with Gasteiger partial charge in [-0.15, -0.1) is 5.10 Å². The van der Waals surface area contributed by atoms with Crippen molar-refractivity contribution in [3.63, 3.8) is 0 Å². The number of rotatable bonds is 6. The van der Waals surface area contributed by atoms with E-state index in [1.807, 2.05) is 20.8 Å². The summed E-state index contributed by atoms with van der Waals surface area (Å²) in [5, 5.41) is 10.7. The summed E-state index contributed by atoms with van der Waals surface area (Å²) in [6.07, 6.45) is 3.27. The van der Waals surface area contributed by atoms with Gasteiger partial charge >= 0.3 is 6.09 Å². The smallest absolute Gasteiger partial charge is 0.410 e. The fourth-order valence-electron chi connectivity index (χ4n) is 2.82. The summed E-state index contributed by atoms with van der Waals surface area (Å²) in [5.74, 6) is -0.0188. The molecule has 26 heavy (non-hydrogen) atoms. The number of hydrogen-bond acceptors (Lipinski definition) is 6. The highest BCUT2D eigenvalue weighted by Crippen LogP contribution is 2.20. The van der Waals surface area contributed by atoms with Crippen LogP contribution in [-0.4, -0.2) is 70.8 Å². The summed E-state index contributed by atoms with van der Waals surface area (Å²) >= 11 is 0. The molecule has 1 aromatic rings. The molecule has 9 heteroatoms. The zero-order chi connectivity index (χ0) is 19.2. The SMILES string of the molecule is COCCNC(=O)c1cn(C[C@H]2CCCN(C(=O)OC(C)(C)C)C2)nn1. The number of amides is 2. The van der Waals surface area contributed by atoms with E-state index >= 15 is 0 Å². The highest BCUT2D eigenvalue weighted by molar-refractivity contribution is 5.91. The second kappa shape index (κ2) is 8.98. The Hall–Kier alpha value is -2.16. The number of piperidine rings is 1. The van der Waals surface area contributed by atoms with Crippen molar-refractivity contribution >= 4 is 12.0 Å².